The lowest BCUT2D eigenvalue weighted by Gasteiger charge is -2.15. The predicted octanol–water partition coefficient (Wildman–Crippen LogP) is 3.37. The van der Waals surface area contributed by atoms with Gasteiger partial charge in [0.2, 0.25) is 0 Å². The molecule has 0 saturated heterocycles. The van der Waals surface area contributed by atoms with Gasteiger partial charge in [-0.05, 0) is 23.3 Å². The van der Waals surface area contributed by atoms with E-state index >= 15 is 0 Å². The van der Waals surface area contributed by atoms with Crippen molar-refractivity contribution in [2.75, 3.05) is 7.11 Å². The Morgan fingerprint density at radius 3 is 2.60 bits per heavy atom. The van der Waals surface area contributed by atoms with Gasteiger partial charge in [0.15, 0.2) is 0 Å². The highest BCUT2D eigenvalue weighted by atomic mass is 19.4. The second-order valence-corrected chi connectivity index (χ2v) is 3.37. The van der Waals surface area contributed by atoms with E-state index in [-0.39, 0.29) is 0 Å². The van der Waals surface area contributed by atoms with E-state index < -0.39 is 12.1 Å². The van der Waals surface area contributed by atoms with Crippen molar-refractivity contribution in [3.8, 4) is 5.75 Å². The zero-order valence-corrected chi connectivity index (χ0v) is 8.01. The van der Waals surface area contributed by atoms with Crippen molar-refractivity contribution >= 4 is 6.08 Å². The molecule has 2 rings (SSSR count). The summed E-state index contributed by atoms with van der Waals surface area (Å²) < 4.78 is 42.6. The molecule has 1 nitrogen and oxygen atoms in total. The number of methoxy groups -OCH3 is 1. The summed E-state index contributed by atoms with van der Waals surface area (Å²) in [5.74, 6) is -0.903. The summed E-state index contributed by atoms with van der Waals surface area (Å²) in [5, 5.41) is 0. The number of fused-ring (bicyclic) bond motifs is 1. The molecular weight excluding hydrogens is 205 g/mol. The molecule has 0 saturated carbocycles. The summed E-state index contributed by atoms with van der Waals surface area (Å²) in [6.45, 7) is 0. The van der Waals surface area contributed by atoms with Crippen LogP contribution in [-0.2, 0) is 0 Å². The standard InChI is InChI=1S/C11H9F3O/c1-15-8-3-4-9-7(6-8)2-5-10(9)11(12,13)14/h2-6,10H,1H3. The zero-order chi connectivity index (χ0) is 11.1. The lowest BCUT2D eigenvalue weighted by molar-refractivity contribution is -0.138. The topological polar surface area (TPSA) is 9.23 Å². The molecule has 4 heteroatoms. The van der Waals surface area contributed by atoms with Gasteiger partial charge in [0.25, 0.3) is 0 Å². The first kappa shape index (κ1) is 10.1. The fourth-order valence-electron chi connectivity index (χ4n) is 1.70. The molecule has 0 N–H and O–H groups in total. The third kappa shape index (κ3) is 1.71. The monoisotopic (exact) mass is 214 g/mol. The Labute approximate surface area is 85.2 Å². The van der Waals surface area contributed by atoms with Crippen molar-refractivity contribution in [3.63, 3.8) is 0 Å². The Bertz CT molecular complexity index is 407. The molecule has 0 spiro atoms. The fraction of sp³-hybridized carbons (Fsp3) is 0.273. The number of hydrogen-bond donors (Lipinski definition) is 0. The van der Waals surface area contributed by atoms with Crippen LogP contribution in [0.25, 0.3) is 6.08 Å². The van der Waals surface area contributed by atoms with Gasteiger partial charge in [-0.15, -0.1) is 0 Å². The van der Waals surface area contributed by atoms with Gasteiger partial charge >= 0.3 is 6.18 Å². The van der Waals surface area contributed by atoms with Gasteiger partial charge in [0.1, 0.15) is 5.75 Å². The summed E-state index contributed by atoms with van der Waals surface area (Å²) in [7, 11) is 1.49. The highest BCUT2D eigenvalue weighted by Gasteiger charge is 2.41. The molecule has 1 atom stereocenters. The highest BCUT2D eigenvalue weighted by Crippen LogP contribution is 2.42. The number of ether oxygens (including phenoxy) is 1. The molecule has 80 valence electrons. The van der Waals surface area contributed by atoms with Crippen LogP contribution in [0.4, 0.5) is 13.2 Å². The molecule has 1 aromatic carbocycles. The van der Waals surface area contributed by atoms with Crippen LogP contribution >= 0.6 is 0 Å². The molecule has 0 bridgehead atoms. The van der Waals surface area contributed by atoms with Crippen molar-refractivity contribution in [3.05, 3.63) is 35.4 Å². The van der Waals surface area contributed by atoms with Crippen LogP contribution in [0.3, 0.4) is 0 Å². The Morgan fingerprint density at radius 1 is 1.27 bits per heavy atom. The third-order valence-electron chi connectivity index (χ3n) is 2.45. The molecule has 0 amide bonds. The first-order chi connectivity index (χ1) is 7.02. The number of alkyl halides is 3. The minimum absolute atomic E-state index is 0.295. The lowest BCUT2D eigenvalue weighted by Crippen LogP contribution is -2.17. The van der Waals surface area contributed by atoms with Crippen molar-refractivity contribution < 1.29 is 17.9 Å². The van der Waals surface area contributed by atoms with Crippen molar-refractivity contribution in [2.24, 2.45) is 0 Å². The maximum atomic E-state index is 12.5. The maximum Gasteiger partial charge on any atom is 0.399 e. The highest BCUT2D eigenvalue weighted by molar-refractivity contribution is 5.64. The molecule has 0 fully saturated rings. The molecule has 0 radical (unpaired) electrons. The van der Waals surface area contributed by atoms with Gasteiger partial charge in [-0.1, -0.05) is 18.2 Å². The van der Waals surface area contributed by atoms with Gasteiger partial charge in [-0.3, -0.25) is 0 Å². The lowest BCUT2D eigenvalue weighted by atomic mass is 10.0. The van der Waals surface area contributed by atoms with Gasteiger partial charge in [-0.25, -0.2) is 0 Å². The normalized spacial score (nSPS) is 19.1. The Kier molecular flexibility index (Phi) is 2.21. The number of halogens is 3. The van der Waals surface area contributed by atoms with E-state index in [1.807, 2.05) is 0 Å². The van der Waals surface area contributed by atoms with E-state index in [2.05, 4.69) is 0 Å². The summed E-state index contributed by atoms with van der Waals surface area (Å²) >= 11 is 0. The van der Waals surface area contributed by atoms with Crippen molar-refractivity contribution in [1.29, 1.82) is 0 Å². The SMILES string of the molecule is COc1ccc2c(c1)C=CC2C(F)(F)F. The second kappa shape index (κ2) is 3.29. The number of hydrogen-bond acceptors (Lipinski definition) is 1. The van der Waals surface area contributed by atoms with Crippen LogP contribution in [0.5, 0.6) is 5.75 Å². The molecule has 1 unspecified atom stereocenters. The third-order valence-corrected chi connectivity index (χ3v) is 2.45. The van der Waals surface area contributed by atoms with E-state index in [0.29, 0.717) is 16.9 Å². The molecule has 0 aromatic heterocycles. The smallest absolute Gasteiger partial charge is 0.399 e. The summed E-state index contributed by atoms with van der Waals surface area (Å²) in [6.07, 6.45) is -1.56. The molecular formula is C11H9F3O. The van der Waals surface area contributed by atoms with Crippen LogP contribution in [0.15, 0.2) is 24.3 Å². The van der Waals surface area contributed by atoms with E-state index in [4.69, 9.17) is 4.74 Å². The van der Waals surface area contributed by atoms with Gasteiger partial charge in [0, 0.05) is 0 Å². The summed E-state index contributed by atoms with van der Waals surface area (Å²) in [4.78, 5) is 0. The van der Waals surface area contributed by atoms with Gasteiger partial charge in [0.05, 0.1) is 13.0 Å². The fourth-order valence-corrected chi connectivity index (χ4v) is 1.70. The average Bonchev–Trinajstić information content (AvgIpc) is 2.59. The van der Waals surface area contributed by atoms with Crippen LogP contribution in [0, 0.1) is 0 Å². The number of benzene rings is 1. The molecule has 1 aliphatic carbocycles. The van der Waals surface area contributed by atoms with E-state index in [9.17, 15) is 13.2 Å². The molecule has 0 heterocycles. The van der Waals surface area contributed by atoms with Crippen LogP contribution in [0.1, 0.15) is 17.0 Å². The first-order valence-electron chi connectivity index (χ1n) is 4.45. The van der Waals surface area contributed by atoms with Gasteiger partial charge < -0.3 is 4.74 Å². The number of allylic oxidation sites excluding steroid dienone is 1. The Balaban J connectivity index is 2.41. The van der Waals surface area contributed by atoms with Crippen LogP contribution in [0.2, 0.25) is 0 Å². The number of rotatable bonds is 1. The van der Waals surface area contributed by atoms with Crippen molar-refractivity contribution in [2.45, 2.75) is 12.1 Å². The minimum Gasteiger partial charge on any atom is -0.497 e. The minimum atomic E-state index is -4.21. The van der Waals surface area contributed by atoms with Crippen LogP contribution in [-0.4, -0.2) is 13.3 Å². The summed E-state index contributed by atoms with van der Waals surface area (Å²) in [5.41, 5.74) is 0.875. The van der Waals surface area contributed by atoms with Crippen molar-refractivity contribution in [1.82, 2.24) is 0 Å². The average molecular weight is 214 g/mol. The van der Waals surface area contributed by atoms with Crippen LogP contribution < -0.4 is 4.74 Å². The zero-order valence-electron chi connectivity index (χ0n) is 8.01. The largest absolute Gasteiger partial charge is 0.497 e. The predicted molar refractivity (Wildman–Crippen MR) is 50.8 cm³/mol. The molecule has 1 aliphatic rings. The maximum absolute atomic E-state index is 12.5. The molecule has 1 aromatic rings. The van der Waals surface area contributed by atoms with Gasteiger partial charge in [-0.2, -0.15) is 13.2 Å². The van der Waals surface area contributed by atoms with E-state index in [1.165, 1.54) is 25.3 Å². The van der Waals surface area contributed by atoms with E-state index in [0.717, 1.165) is 0 Å². The molecule has 15 heavy (non-hydrogen) atoms. The second-order valence-electron chi connectivity index (χ2n) is 3.37. The molecule has 0 aliphatic heterocycles. The first-order valence-corrected chi connectivity index (χ1v) is 4.45. The van der Waals surface area contributed by atoms with E-state index in [1.54, 1.807) is 12.1 Å². The summed E-state index contributed by atoms with van der Waals surface area (Å²) in [6, 6.07) is 4.62. The Morgan fingerprint density at radius 2 is 2.00 bits per heavy atom. The Hall–Kier alpha value is -1.45. The quantitative estimate of drug-likeness (QED) is 0.696.